The van der Waals surface area contributed by atoms with E-state index in [9.17, 15) is 4.79 Å². The van der Waals surface area contributed by atoms with Crippen LogP contribution in [0.5, 0.6) is 0 Å². The van der Waals surface area contributed by atoms with E-state index in [-0.39, 0.29) is 12.0 Å². The highest BCUT2D eigenvalue weighted by molar-refractivity contribution is 7.13. The molecule has 1 saturated carbocycles. The van der Waals surface area contributed by atoms with Crippen LogP contribution < -0.4 is 4.90 Å². The monoisotopic (exact) mass is 316 g/mol. The number of thiazole rings is 1. The molecule has 1 aromatic carbocycles. The third kappa shape index (κ3) is 3.36. The Morgan fingerprint density at radius 2 is 2.05 bits per heavy atom. The lowest BCUT2D eigenvalue weighted by Gasteiger charge is -2.25. The van der Waals surface area contributed by atoms with Gasteiger partial charge >= 0.3 is 0 Å². The van der Waals surface area contributed by atoms with Crippen molar-refractivity contribution in [3.8, 4) is 0 Å². The number of anilines is 1. The van der Waals surface area contributed by atoms with Gasteiger partial charge in [0.15, 0.2) is 11.2 Å². The number of aromatic nitrogens is 1. The molecule has 0 spiro atoms. The molecule has 0 N–H and O–H groups in total. The number of rotatable bonds is 5. The molecule has 1 atom stereocenters. The van der Waals surface area contributed by atoms with Crippen LogP contribution >= 0.6 is 11.3 Å². The Kier molecular flexibility index (Phi) is 4.85. The van der Waals surface area contributed by atoms with Gasteiger partial charge in [0.1, 0.15) is 0 Å². The van der Waals surface area contributed by atoms with E-state index in [2.05, 4.69) is 4.98 Å². The van der Waals surface area contributed by atoms with Gasteiger partial charge in [0, 0.05) is 18.6 Å². The van der Waals surface area contributed by atoms with Gasteiger partial charge in [-0.2, -0.15) is 0 Å². The highest BCUT2D eigenvalue weighted by Gasteiger charge is 2.30. The van der Waals surface area contributed by atoms with Crippen molar-refractivity contribution < 1.29 is 9.53 Å². The van der Waals surface area contributed by atoms with Gasteiger partial charge in [0.2, 0.25) is 0 Å². The van der Waals surface area contributed by atoms with E-state index in [0.29, 0.717) is 5.13 Å². The van der Waals surface area contributed by atoms with Crippen molar-refractivity contribution in [2.45, 2.75) is 37.9 Å². The van der Waals surface area contributed by atoms with Gasteiger partial charge < -0.3 is 4.74 Å². The van der Waals surface area contributed by atoms with Crippen molar-refractivity contribution in [2.75, 3.05) is 11.9 Å². The Morgan fingerprint density at radius 1 is 1.32 bits per heavy atom. The predicted octanol–water partition coefficient (Wildman–Crippen LogP) is 3.81. The fraction of sp³-hybridized carbons (Fsp3) is 0.412. The molecule has 2 aromatic rings. The van der Waals surface area contributed by atoms with Gasteiger partial charge in [0.05, 0.1) is 6.10 Å². The predicted molar refractivity (Wildman–Crippen MR) is 88.0 cm³/mol. The van der Waals surface area contributed by atoms with Gasteiger partial charge in [-0.05, 0) is 18.4 Å². The summed E-state index contributed by atoms with van der Waals surface area (Å²) in [6.07, 6.45) is 5.77. The Balaban J connectivity index is 1.82. The van der Waals surface area contributed by atoms with Crippen molar-refractivity contribution in [3.05, 3.63) is 47.5 Å². The normalized spacial score (nSPS) is 16.6. The second kappa shape index (κ2) is 7.03. The summed E-state index contributed by atoms with van der Waals surface area (Å²) in [6, 6.07) is 9.74. The van der Waals surface area contributed by atoms with Crippen LogP contribution in [-0.2, 0) is 9.53 Å². The number of nitrogens with zero attached hydrogens (tertiary/aromatic N) is 2. The molecule has 1 aliphatic rings. The first-order valence-electron chi connectivity index (χ1n) is 7.63. The fourth-order valence-electron chi connectivity index (χ4n) is 2.78. The second-order valence-electron chi connectivity index (χ2n) is 5.55. The number of amides is 1. The van der Waals surface area contributed by atoms with E-state index < -0.39 is 6.10 Å². The molecule has 0 aliphatic heterocycles. The van der Waals surface area contributed by atoms with Crippen LogP contribution in [0.2, 0.25) is 0 Å². The van der Waals surface area contributed by atoms with Crippen LogP contribution in [0.4, 0.5) is 5.13 Å². The maximum Gasteiger partial charge on any atom is 0.262 e. The van der Waals surface area contributed by atoms with Crippen molar-refractivity contribution in [2.24, 2.45) is 0 Å². The number of carbonyl (C=O) groups excluding carboxylic acids is 1. The summed E-state index contributed by atoms with van der Waals surface area (Å²) < 4.78 is 6.16. The minimum Gasteiger partial charge on any atom is -0.360 e. The molecule has 3 rings (SSSR count). The first kappa shape index (κ1) is 15.2. The number of carbonyl (C=O) groups is 1. The summed E-state index contributed by atoms with van der Waals surface area (Å²) in [5, 5.41) is 2.56. The minimum atomic E-state index is -0.557. The molecule has 0 radical (unpaired) electrons. The minimum absolute atomic E-state index is 0.0620. The lowest BCUT2D eigenvalue weighted by molar-refractivity contribution is -0.134. The Labute approximate surface area is 134 Å². The Bertz CT molecular complexity index is 594. The zero-order valence-electron chi connectivity index (χ0n) is 12.6. The highest BCUT2D eigenvalue weighted by Crippen LogP contribution is 2.30. The molecule has 0 unspecified atom stereocenters. The maximum atomic E-state index is 12.9. The zero-order valence-corrected chi connectivity index (χ0v) is 13.5. The molecule has 0 saturated heterocycles. The van der Waals surface area contributed by atoms with E-state index in [1.54, 1.807) is 18.1 Å². The lowest BCUT2D eigenvalue weighted by atomic mass is 10.1. The van der Waals surface area contributed by atoms with Gasteiger partial charge in [-0.3, -0.25) is 9.69 Å². The Hall–Kier alpha value is -1.72. The lowest BCUT2D eigenvalue weighted by Crippen LogP contribution is -2.34. The van der Waals surface area contributed by atoms with E-state index in [4.69, 9.17) is 4.74 Å². The summed E-state index contributed by atoms with van der Waals surface area (Å²) in [7, 11) is 1.76. The number of benzene rings is 1. The molecule has 5 heteroatoms. The quantitative estimate of drug-likeness (QED) is 0.842. The molecule has 1 heterocycles. The maximum absolute atomic E-state index is 12.9. The number of ether oxygens (including phenoxy) is 1. The van der Waals surface area contributed by atoms with Gasteiger partial charge in [-0.25, -0.2) is 4.98 Å². The van der Waals surface area contributed by atoms with Crippen LogP contribution in [0.1, 0.15) is 37.4 Å². The van der Waals surface area contributed by atoms with Crippen LogP contribution in [-0.4, -0.2) is 24.0 Å². The SMILES string of the molecule is CN(C(=O)[C@H](OC1CCCC1)c1ccccc1)c1nccs1. The van der Waals surface area contributed by atoms with Crippen molar-refractivity contribution in [1.82, 2.24) is 4.98 Å². The topological polar surface area (TPSA) is 42.4 Å². The fourth-order valence-corrected chi connectivity index (χ4v) is 3.39. The van der Waals surface area contributed by atoms with Crippen molar-refractivity contribution >= 4 is 22.4 Å². The zero-order chi connectivity index (χ0) is 15.4. The Morgan fingerprint density at radius 3 is 2.68 bits per heavy atom. The summed E-state index contributed by atoms with van der Waals surface area (Å²) in [5.74, 6) is -0.0620. The molecule has 1 aliphatic carbocycles. The molecular weight excluding hydrogens is 296 g/mol. The van der Waals surface area contributed by atoms with E-state index >= 15 is 0 Å². The van der Waals surface area contributed by atoms with Crippen LogP contribution in [0.3, 0.4) is 0 Å². The van der Waals surface area contributed by atoms with Crippen molar-refractivity contribution in [1.29, 1.82) is 0 Å². The summed E-state index contributed by atoms with van der Waals surface area (Å²) >= 11 is 1.45. The van der Waals surface area contributed by atoms with E-state index in [0.717, 1.165) is 18.4 Å². The third-order valence-corrected chi connectivity index (χ3v) is 4.84. The van der Waals surface area contributed by atoms with Crippen LogP contribution in [0.25, 0.3) is 0 Å². The molecule has 0 bridgehead atoms. The summed E-state index contributed by atoms with van der Waals surface area (Å²) in [6.45, 7) is 0. The first-order valence-corrected chi connectivity index (χ1v) is 8.51. The van der Waals surface area contributed by atoms with Crippen molar-refractivity contribution in [3.63, 3.8) is 0 Å². The molecule has 1 aromatic heterocycles. The van der Waals surface area contributed by atoms with Gasteiger partial charge in [-0.1, -0.05) is 43.2 Å². The molecule has 1 amide bonds. The number of hydrogen-bond acceptors (Lipinski definition) is 4. The number of likely N-dealkylation sites (N-methyl/N-ethyl adjacent to an activating group) is 1. The third-order valence-electron chi connectivity index (χ3n) is 3.99. The first-order chi connectivity index (χ1) is 10.8. The largest absolute Gasteiger partial charge is 0.360 e. The average molecular weight is 316 g/mol. The molecule has 4 nitrogen and oxygen atoms in total. The van der Waals surface area contributed by atoms with Gasteiger partial charge in [0.25, 0.3) is 5.91 Å². The smallest absolute Gasteiger partial charge is 0.262 e. The van der Waals surface area contributed by atoms with Gasteiger partial charge in [-0.15, -0.1) is 11.3 Å². The summed E-state index contributed by atoms with van der Waals surface area (Å²) in [5.41, 5.74) is 0.905. The van der Waals surface area contributed by atoms with Crippen LogP contribution in [0.15, 0.2) is 41.9 Å². The highest BCUT2D eigenvalue weighted by atomic mass is 32.1. The number of hydrogen-bond donors (Lipinski definition) is 0. The average Bonchev–Trinajstić information content (AvgIpc) is 3.25. The summed E-state index contributed by atoms with van der Waals surface area (Å²) in [4.78, 5) is 18.7. The van der Waals surface area contributed by atoms with Crippen LogP contribution in [0, 0.1) is 0 Å². The standard InChI is InChI=1S/C17H20N2O2S/c1-19(17-18-11-12-22-17)16(20)15(13-7-3-2-4-8-13)21-14-9-5-6-10-14/h2-4,7-8,11-12,14-15H,5-6,9-10H2,1H3/t15-/m1/s1. The van der Waals surface area contributed by atoms with E-state index in [1.165, 1.54) is 24.2 Å². The molecular formula is C17H20N2O2S. The second-order valence-corrected chi connectivity index (χ2v) is 6.42. The molecule has 22 heavy (non-hydrogen) atoms. The van der Waals surface area contributed by atoms with E-state index in [1.807, 2.05) is 35.7 Å². The molecule has 116 valence electrons. The molecule has 1 fully saturated rings.